The minimum atomic E-state index is -0.591. The number of furan rings is 1. The largest absolute Gasteiger partial charge is 0.467 e. The second-order valence-electron chi connectivity index (χ2n) is 6.57. The first-order chi connectivity index (χ1) is 11.0. The number of primary amides is 1. The third-order valence-electron chi connectivity index (χ3n) is 5.07. The summed E-state index contributed by atoms with van der Waals surface area (Å²) in [4.78, 5) is 25.0. The maximum Gasteiger partial charge on any atom is 0.317 e. The van der Waals surface area contributed by atoms with E-state index < -0.39 is 11.5 Å². The lowest BCUT2D eigenvalue weighted by Crippen LogP contribution is -2.56. The highest BCUT2D eigenvalue weighted by atomic mass is 16.3. The molecule has 0 radical (unpaired) electrons. The van der Waals surface area contributed by atoms with E-state index >= 15 is 0 Å². The van der Waals surface area contributed by atoms with Gasteiger partial charge in [-0.25, -0.2) is 4.79 Å². The number of likely N-dealkylation sites (tertiary alicyclic amines) is 1. The maximum atomic E-state index is 12.3. The molecule has 1 aromatic heterocycles. The number of nitrogens with one attached hydrogen (secondary N) is 1. The number of nitrogens with two attached hydrogens (primary N) is 1. The average Bonchev–Trinajstić information content (AvgIpc) is 3.01. The zero-order chi connectivity index (χ0) is 16.4. The summed E-state index contributed by atoms with van der Waals surface area (Å²) in [5, 5.41) is 13.4. The van der Waals surface area contributed by atoms with E-state index in [1.54, 1.807) is 4.90 Å². The first-order valence-electron chi connectivity index (χ1n) is 8.10. The fourth-order valence-corrected chi connectivity index (χ4v) is 3.63. The summed E-state index contributed by atoms with van der Waals surface area (Å²) in [7, 11) is 0. The van der Waals surface area contributed by atoms with Gasteiger partial charge in [-0.2, -0.15) is 0 Å². The van der Waals surface area contributed by atoms with E-state index in [1.807, 2.05) is 0 Å². The Labute approximate surface area is 134 Å². The highest BCUT2D eigenvalue weighted by Gasteiger charge is 2.43. The molecule has 2 unspecified atom stereocenters. The molecule has 2 fully saturated rings. The summed E-state index contributed by atoms with van der Waals surface area (Å²) in [5.41, 5.74) is 4.86. The van der Waals surface area contributed by atoms with Gasteiger partial charge in [0.25, 0.3) is 5.91 Å². The number of aliphatic hydroxyl groups is 1. The molecule has 2 heterocycles. The molecule has 7 nitrogen and oxygen atoms in total. The topological polar surface area (TPSA) is 109 Å². The van der Waals surface area contributed by atoms with Crippen molar-refractivity contribution in [3.8, 4) is 0 Å². The van der Waals surface area contributed by atoms with Crippen LogP contribution in [0.2, 0.25) is 0 Å². The van der Waals surface area contributed by atoms with Crippen molar-refractivity contribution in [2.45, 2.75) is 44.2 Å². The Morgan fingerprint density at radius 1 is 1.43 bits per heavy atom. The molecule has 3 rings (SSSR count). The van der Waals surface area contributed by atoms with Crippen molar-refractivity contribution in [3.63, 3.8) is 0 Å². The van der Waals surface area contributed by atoms with Crippen molar-refractivity contribution < 1.29 is 19.1 Å². The van der Waals surface area contributed by atoms with Crippen molar-refractivity contribution in [3.05, 3.63) is 23.7 Å². The zero-order valence-corrected chi connectivity index (χ0v) is 13.1. The molecular formula is C16H23N3O4. The van der Waals surface area contributed by atoms with Crippen molar-refractivity contribution in [2.75, 3.05) is 13.1 Å². The number of carbonyl (C=O) groups excluding carboxylic acids is 2. The van der Waals surface area contributed by atoms with Crippen LogP contribution in [0.1, 0.15) is 48.2 Å². The summed E-state index contributed by atoms with van der Waals surface area (Å²) in [6.07, 6.45) is 5.92. The van der Waals surface area contributed by atoms with Crippen LogP contribution < -0.4 is 11.1 Å². The van der Waals surface area contributed by atoms with Gasteiger partial charge in [0.15, 0.2) is 0 Å². The van der Waals surface area contributed by atoms with Gasteiger partial charge in [-0.15, -0.1) is 0 Å². The fraction of sp³-hybridized carbons (Fsp3) is 0.625. The Kier molecular flexibility index (Phi) is 4.30. The van der Waals surface area contributed by atoms with Crippen LogP contribution in [0, 0.1) is 5.92 Å². The van der Waals surface area contributed by atoms with Crippen LogP contribution in [0.3, 0.4) is 0 Å². The van der Waals surface area contributed by atoms with E-state index in [-0.39, 0.29) is 18.5 Å². The molecular weight excluding hydrogens is 298 g/mol. The number of fused-ring (bicyclic) bond motifs is 1. The number of hydrogen-bond acceptors (Lipinski definition) is 4. The summed E-state index contributed by atoms with van der Waals surface area (Å²) >= 11 is 0. The molecule has 1 saturated heterocycles. The summed E-state index contributed by atoms with van der Waals surface area (Å²) in [5.74, 6) is 0.0955. The van der Waals surface area contributed by atoms with Crippen LogP contribution in [-0.2, 0) is 6.54 Å². The van der Waals surface area contributed by atoms with Crippen molar-refractivity contribution in [1.82, 2.24) is 10.2 Å². The average molecular weight is 321 g/mol. The molecule has 0 spiro atoms. The van der Waals surface area contributed by atoms with Crippen LogP contribution in [0.25, 0.3) is 0 Å². The van der Waals surface area contributed by atoms with Crippen LogP contribution in [0.4, 0.5) is 4.79 Å². The molecule has 1 aliphatic carbocycles. The van der Waals surface area contributed by atoms with E-state index in [0.29, 0.717) is 30.8 Å². The molecule has 1 aromatic rings. The number of urea groups is 1. The summed E-state index contributed by atoms with van der Waals surface area (Å²) in [6.45, 7) is 1.36. The van der Waals surface area contributed by atoms with Crippen molar-refractivity contribution in [2.24, 2.45) is 11.7 Å². The lowest BCUT2D eigenvalue weighted by Gasteiger charge is -2.47. The van der Waals surface area contributed by atoms with E-state index in [9.17, 15) is 14.7 Å². The van der Waals surface area contributed by atoms with Crippen molar-refractivity contribution in [1.29, 1.82) is 0 Å². The van der Waals surface area contributed by atoms with Crippen LogP contribution in [0.5, 0.6) is 0 Å². The Morgan fingerprint density at radius 2 is 2.26 bits per heavy atom. The highest BCUT2D eigenvalue weighted by Crippen LogP contribution is 2.39. The molecule has 1 aliphatic heterocycles. The molecule has 2 atom stereocenters. The monoisotopic (exact) mass is 321 g/mol. The minimum Gasteiger partial charge on any atom is -0.467 e. The van der Waals surface area contributed by atoms with E-state index in [4.69, 9.17) is 10.2 Å². The second kappa shape index (κ2) is 6.23. The Balaban J connectivity index is 1.53. The smallest absolute Gasteiger partial charge is 0.317 e. The van der Waals surface area contributed by atoms with Gasteiger partial charge in [0.1, 0.15) is 12.0 Å². The Hall–Kier alpha value is -2.02. The predicted molar refractivity (Wildman–Crippen MR) is 82.6 cm³/mol. The third kappa shape index (κ3) is 3.34. The molecule has 2 aliphatic rings. The number of piperidine rings is 1. The molecule has 4 N–H and O–H groups in total. The Bertz CT molecular complexity index is 600. The lowest BCUT2D eigenvalue weighted by molar-refractivity contribution is -0.0871. The van der Waals surface area contributed by atoms with E-state index in [0.717, 1.165) is 25.7 Å². The molecule has 1 saturated carbocycles. The van der Waals surface area contributed by atoms with Crippen LogP contribution in [-0.4, -0.2) is 40.6 Å². The fourth-order valence-electron chi connectivity index (χ4n) is 3.63. The number of hydrogen-bond donors (Lipinski definition) is 3. The standard InChI is InChI=1S/C16H23N3O4/c17-14(20)11-7-13(23-10-11)8-18-15(21)19-6-5-16(22)4-2-1-3-12(16)9-19/h7,10,12,22H,1-6,8-9H2,(H2,17,20)(H,18,21). The molecule has 3 amide bonds. The van der Waals surface area contributed by atoms with Gasteiger partial charge in [0.05, 0.1) is 17.7 Å². The lowest BCUT2D eigenvalue weighted by atomic mass is 9.71. The molecule has 126 valence electrons. The van der Waals surface area contributed by atoms with Gasteiger partial charge in [0, 0.05) is 19.0 Å². The predicted octanol–water partition coefficient (Wildman–Crippen LogP) is 1.22. The first-order valence-corrected chi connectivity index (χ1v) is 8.10. The second-order valence-corrected chi connectivity index (χ2v) is 6.57. The maximum absolute atomic E-state index is 12.3. The zero-order valence-electron chi connectivity index (χ0n) is 13.1. The molecule has 23 heavy (non-hydrogen) atoms. The number of carbonyl (C=O) groups is 2. The molecule has 0 aromatic carbocycles. The molecule has 0 bridgehead atoms. The quantitative estimate of drug-likeness (QED) is 0.777. The SMILES string of the molecule is NC(=O)c1coc(CNC(=O)N2CCC3(O)CCCCC3C2)c1. The van der Waals surface area contributed by atoms with Gasteiger partial charge in [0.2, 0.25) is 0 Å². The highest BCUT2D eigenvalue weighted by molar-refractivity contribution is 5.92. The number of nitrogens with zero attached hydrogens (tertiary/aromatic N) is 1. The number of amides is 3. The van der Waals surface area contributed by atoms with Gasteiger partial charge in [-0.1, -0.05) is 12.8 Å². The van der Waals surface area contributed by atoms with Crippen LogP contribution >= 0.6 is 0 Å². The van der Waals surface area contributed by atoms with E-state index in [1.165, 1.54) is 12.3 Å². The summed E-state index contributed by atoms with van der Waals surface area (Å²) in [6, 6.07) is 1.35. The minimum absolute atomic E-state index is 0.167. The van der Waals surface area contributed by atoms with Gasteiger partial charge < -0.3 is 25.5 Å². The first kappa shape index (κ1) is 15.9. The molecule has 7 heteroatoms. The Morgan fingerprint density at radius 3 is 3.00 bits per heavy atom. The van der Waals surface area contributed by atoms with Gasteiger partial charge >= 0.3 is 6.03 Å². The van der Waals surface area contributed by atoms with Gasteiger partial charge in [-0.05, 0) is 25.3 Å². The van der Waals surface area contributed by atoms with E-state index in [2.05, 4.69) is 5.32 Å². The summed E-state index contributed by atoms with van der Waals surface area (Å²) < 4.78 is 5.19. The van der Waals surface area contributed by atoms with Gasteiger partial charge in [-0.3, -0.25) is 4.79 Å². The third-order valence-corrected chi connectivity index (χ3v) is 5.07. The number of rotatable bonds is 3. The normalized spacial score (nSPS) is 27.3. The van der Waals surface area contributed by atoms with Crippen molar-refractivity contribution >= 4 is 11.9 Å². The van der Waals surface area contributed by atoms with Crippen LogP contribution in [0.15, 0.2) is 16.7 Å².